The van der Waals surface area contributed by atoms with Crippen molar-refractivity contribution in [2.24, 2.45) is 0 Å². The maximum atomic E-state index is 13.3. The van der Waals surface area contributed by atoms with Crippen LogP contribution in [-0.4, -0.2) is 18.2 Å². The number of anilines is 1. The number of hydrogen-bond acceptors (Lipinski definition) is 2. The van der Waals surface area contributed by atoms with Crippen molar-refractivity contribution in [2.45, 2.75) is 51.2 Å². The Hall–Kier alpha value is -1.09. The number of benzene rings is 1. The molecular weight excluding hydrogens is 229 g/mol. The van der Waals surface area contributed by atoms with Crippen LogP contribution in [0.3, 0.4) is 0 Å². The average Bonchev–Trinajstić information content (AvgIpc) is 2.39. The van der Waals surface area contributed by atoms with Crippen molar-refractivity contribution >= 4 is 5.69 Å². The smallest absolute Gasteiger partial charge is 0.123 e. The molecule has 1 aromatic carbocycles. The van der Waals surface area contributed by atoms with E-state index in [9.17, 15) is 9.50 Å². The van der Waals surface area contributed by atoms with Crippen molar-refractivity contribution in [1.29, 1.82) is 0 Å². The predicted octanol–water partition coefficient (Wildman–Crippen LogP) is 3.65. The van der Waals surface area contributed by atoms with Crippen LogP contribution in [0.4, 0.5) is 10.1 Å². The molecule has 0 aliphatic heterocycles. The van der Waals surface area contributed by atoms with E-state index in [0.717, 1.165) is 5.69 Å². The minimum absolute atomic E-state index is 0.285. The number of rotatable bonds is 3. The summed E-state index contributed by atoms with van der Waals surface area (Å²) in [4.78, 5) is 2.21. The summed E-state index contributed by atoms with van der Waals surface area (Å²) in [7, 11) is 2.05. The van der Waals surface area contributed by atoms with E-state index >= 15 is 0 Å². The van der Waals surface area contributed by atoms with Gasteiger partial charge in [0.05, 0.1) is 6.10 Å². The van der Waals surface area contributed by atoms with Crippen molar-refractivity contribution in [3.05, 3.63) is 29.6 Å². The minimum Gasteiger partial charge on any atom is -0.389 e. The van der Waals surface area contributed by atoms with Gasteiger partial charge in [-0.3, -0.25) is 0 Å². The lowest BCUT2D eigenvalue weighted by atomic mass is 9.93. The highest BCUT2D eigenvalue weighted by atomic mass is 19.1. The molecule has 1 atom stereocenters. The molecule has 0 aromatic heterocycles. The van der Waals surface area contributed by atoms with Gasteiger partial charge in [-0.25, -0.2) is 4.39 Å². The molecule has 0 amide bonds. The minimum atomic E-state index is -0.637. The SMILES string of the molecule is CC(O)c1cc(F)ccc1N(C)C1CCCCC1. The highest BCUT2D eigenvalue weighted by Crippen LogP contribution is 2.31. The Labute approximate surface area is 108 Å². The molecular formula is C15H22FNO. The molecule has 0 saturated heterocycles. The van der Waals surface area contributed by atoms with Crippen LogP contribution >= 0.6 is 0 Å². The summed E-state index contributed by atoms with van der Waals surface area (Å²) in [6.07, 6.45) is 5.58. The van der Waals surface area contributed by atoms with E-state index in [1.807, 2.05) is 0 Å². The van der Waals surface area contributed by atoms with Gasteiger partial charge in [-0.1, -0.05) is 19.3 Å². The van der Waals surface area contributed by atoms with Crippen molar-refractivity contribution in [1.82, 2.24) is 0 Å². The van der Waals surface area contributed by atoms with Gasteiger partial charge in [0.25, 0.3) is 0 Å². The van der Waals surface area contributed by atoms with E-state index in [1.54, 1.807) is 13.0 Å². The van der Waals surface area contributed by atoms with Gasteiger partial charge in [-0.15, -0.1) is 0 Å². The van der Waals surface area contributed by atoms with Crippen molar-refractivity contribution in [3.8, 4) is 0 Å². The summed E-state index contributed by atoms with van der Waals surface area (Å²) in [5, 5.41) is 9.78. The molecule has 1 N–H and O–H groups in total. The lowest BCUT2D eigenvalue weighted by Gasteiger charge is -2.34. The van der Waals surface area contributed by atoms with Gasteiger partial charge < -0.3 is 10.0 Å². The molecule has 1 unspecified atom stereocenters. The van der Waals surface area contributed by atoms with E-state index in [-0.39, 0.29) is 5.82 Å². The fourth-order valence-electron chi connectivity index (χ4n) is 2.85. The Morgan fingerprint density at radius 3 is 2.56 bits per heavy atom. The van der Waals surface area contributed by atoms with Crippen molar-refractivity contribution < 1.29 is 9.50 Å². The maximum Gasteiger partial charge on any atom is 0.123 e. The Morgan fingerprint density at radius 2 is 1.94 bits per heavy atom. The quantitative estimate of drug-likeness (QED) is 0.886. The van der Waals surface area contributed by atoms with Crippen LogP contribution in [-0.2, 0) is 0 Å². The van der Waals surface area contributed by atoms with E-state index in [1.165, 1.54) is 44.2 Å². The summed E-state index contributed by atoms with van der Waals surface area (Å²) in [6, 6.07) is 5.22. The van der Waals surface area contributed by atoms with Crippen LogP contribution in [0.15, 0.2) is 18.2 Å². The molecule has 0 heterocycles. The number of aliphatic hydroxyl groups is 1. The number of aliphatic hydroxyl groups excluding tert-OH is 1. The average molecular weight is 251 g/mol. The molecule has 0 bridgehead atoms. The summed E-state index contributed by atoms with van der Waals surface area (Å²) < 4.78 is 13.3. The molecule has 2 rings (SSSR count). The monoisotopic (exact) mass is 251 g/mol. The van der Waals surface area contributed by atoms with Gasteiger partial charge in [0.2, 0.25) is 0 Å². The lowest BCUT2D eigenvalue weighted by Crippen LogP contribution is -2.34. The number of nitrogens with zero attached hydrogens (tertiary/aromatic N) is 1. The molecule has 100 valence electrons. The van der Waals surface area contributed by atoms with Crippen LogP contribution in [0.5, 0.6) is 0 Å². The molecule has 1 saturated carbocycles. The fraction of sp³-hybridized carbons (Fsp3) is 0.600. The molecule has 3 heteroatoms. The van der Waals surface area contributed by atoms with Crippen LogP contribution in [0.25, 0.3) is 0 Å². The first-order valence-electron chi connectivity index (χ1n) is 6.80. The summed E-state index contributed by atoms with van der Waals surface area (Å²) >= 11 is 0. The topological polar surface area (TPSA) is 23.5 Å². The Morgan fingerprint density at radius 1 is 1.28 bits per heavy atom. The predicted molar refractivity (Wildman–Crippen MR) is 72.3 cm³/mol. The van der Waals surface area contributed by atoms with Gasteiger partial charge in [0.1, 0.15) is 5.82 Å². The Kier molecular flexibility index (Phi) is 4.23. The van der Waals surface area contributed by atoms with E-state index in [2.05, 4.69) is 11.9 Å². The molecule has 1 fully saturated rings. The number of hydrogen-bond donors (Lipinski definition) is 1. The normalized spacial score (nSPS) is 18.7. The second-order valence-electron chi connectivity index (χ2n) is 5.28. The summed E-state index contributed by atoms with van der Waals surface area (Å²) in [5.74, 6) is -0.285. The third-order valence-corrected chi connectivity index (χ3v) is 3.94. The van der Waals surface area contributed by atoms with Gasteiger partial charge >= 0.3 is 0 Å². The Bertz CT molecular complexity index is 399. The first-order valence-corrected chi connectivity index (χ1v) is 6.80. The zero-order valence-corrected chi connectivity index (χ0v) is 11.2. The molecule has 1 aromatic rings. The zero-order valence-electron chi connectivity index (χ0n) is 11.2. The second kappa shape index (κ2) is 5.70. The third-order valence-electron chi connectivity index (χ3n) is 3.94. The molecule has 1 aliphatic rings. The maximum absolute atomic E-state index is 13.3. The van der Waals surface area contributed by atoms with E-state index in [4.69, 9.17) is 0 Å². The van der Waals surface area contributed by atoms with E-state index < -0.39 is 6.10 Å². The van der Waals surface area contributed by atoms with Crippen LogP contribution in [0, 0.1) is 5.82 Å². The third kappa shape index (κ3) is 2.83. The lowest BCUT2D eigenvalue weighted by molar-refractivity contribution is 0.199. The highest BCUT2D eigenvalue weighted by molar-refractivity contribution is 5.55. The summed E-state index contributed by atoms with van der Waals surface area (Å²) in [6.45, 7) is 1.69. The molecule has 1 aliphatic carbocycles. The standard InChI is InChI=1S/C15H22FNO/c1-11(18)14-10-12(16)8-9-15(14)17(2)13-6-4-3-5-7-13/h8-11,13,18H,3-7H2,1-2H3. The Balaban J connectivity index is 2.25. The summed E-state index contributed by atoms with van der Waals surface area (Å²) in [5.41, 5.74) is 1.64. The first kappa shape index (κ1) is 13.3. The molecule has 2 nitrogen and oxygen atoms in total. The molecule has 18 heavy (non-hydrogen) atoms. The number of halogens is 1. The van der Waals surface area contributed by atoms with Crippen LogP contribution in [0.2, 0.25) is 0 Å². The van der Waals surface area contributed by atoms with Crippen LogP contribution in [0.1, 0.15) is 50.7 Å². The van der Waals surface area contributed by atoms with Gasteiger partial charge in [-0.2, -0.15) is 0 Å². The molecule has 0 radical (unpaired) electrons. The van der Waals surface area contributed by atoms with Gasteiger partial charge in [-0.05, 0) is 38.0 Å². The fourth-order valence-corrected chi connectivity index (χ4v) is 2.85. The highest BCUT2D eigenvalue weighted by Gasteiger charge is 2.21. The van der Waals surface area contributed by atoms with Crippen molar-refractivity contribution in [3.63, 3.8) is 0 Å². The zero-order chi connectivity index (χ0) is 13.1. The van der Waals surface area contributed by atoms with Crippen molar-refractivity contribution in [2.75, 3.05) is 11.9 Å². The van der Waals surface area contributed by atoms with Crippen LogP contribution < -0.4 is 4.90 Å². The molecule has 0 spiro atoms. The second-order valence-corrected chi connectivity index (χ2v) is 5.28. The first-order chi connectivity index (χ1) is 8.59. The van der Waals surface area contributed by atoms with E-state index in [0.29, 0.717) is 11.6 Å². The van der Waals surface area contributed by atoms with Gasteiger partial charge in [0, 0.05) is 24.3 Å². The van der Waals surface area contributed by atoms with Gasteiger partial charge in [0.15, 0.2) is 0 Å². The largest absolute Gasteiger partial charge is 0.389 e.